The number of rotatable bonds is 6. The molecule has 88 valence electrons. The fourth-order valence-electron chi connectivity index (χ4n) is 1.72. The monoisotopic (exact) mass is 221 g/mol. The molecule has 1 fully saturated rings. The van der Waals surface area contributed by atoms with Gasteiger partial charge in [0.05, 0.1) is 12.2 Å². The lowest BCUT2D eigenvalue weighted by Gasteiger charge is -2.29. The molecule has 1 aromatic rings. The minimum atomic E-state index is 0.111. The van der Waals surface area contributed by atoms with Crippen LogP contribution in [0.1, 0.15) is 12.5 Å². The third kappa shape index (κ3) is 2.43. The first-order chi connectivity index (χ1) is 7.81. The van der Waals surface area contributed by atoms with E-state index in [4.69, 9.17) is 5.73 Å². The van der Waals surface area contributed by atoms with E-state index in [1.54, 1.807) is 0 Å². The normalized spacial score (nSPS) is 17.8. The topological polar surface area (TPSA) is 67.9 Å². The third-order valence-electron chi connectivity index (χ3n) is 2.79. The van der Waals surface area contributed by atoms with Crippen LogP contribution in [0.15, 0.2) is 24.9 Å². The highest BCUT2D eigenvalue weighted by Crippen LogP contribution is 2.17. The van der Waals surface area contributed by atoms with Crippen molar-refractivity contribution in [2.24, 2.45) is 5.73 Å². The quantitative estimate of drug-likeness (QED) is 0.606. The zero-order valence-electron chi connectivity index (χ0n) is 9.39. The SMILES string of the molecule is C=CCC(N)CNc1ccnn1C1CNC1. The predicted octanol–water partition coefficient (Wildman–Crippen LogP) is 0.343. The lowest BCUT2D eigenvalue weighted by Crippen LogP contribution is -2.44. The van der Waals surface area contributed by atoms with Gasteiger partial charge < -0.3 is 16.4 Å². The highest BCUT2D eigenvalue weighted by atomic mass is 15.4. The third-order valence-corrected chi connectivity index (χ3v) is 2.79. The molecule has 5 heteroatoms. The van der Waals surface area contributed by atoms with E-state index in [0.29, 0.717) is 6.04 Å². The van der Waals surface area contributed by atoms with Crippen LogP contribution in [0.4, 0.5) is 5.82 Å². The van der Waals surface area contributed by atoms with Crippen molar-refractivity contribution in [3.05, 3.63) is 24.9 Å². The lowest BCUT2D eigenvalue weighted by atomic mass is 10.2. The summed E-state index contributed by atoms with van der Waals surface area (Å²) >= 11 is 0. The smallest absolute Gasteiger partial charge is 0.124 e. The molecule has 16 heavy (non-hydrogen) atoms. The summed E-state index contributed by atoms with van der Waals surface area (Å²) in [5.74, 6) is 1.05. The Kier molecular flexibility index (Phi) is 3.58. The fourth-order valence-corrected chi connectivity index (χ4v) is 1.72. The molecular formula is C11H19N5. The van der Waals surface area contributed by atoms with E-state index in [1.165, 1.54) is 0 Å². The van der Waals surface area contributed by atoms with Crippen molar-refractivity contribution in [2.75, 3.05) is 25.0 Å². The standard InChI is InChI=1S/C11H19N5/c1-2-3-9(12)6-14-11-4-5-15-16(11)10-7-13-8-10/h2,4-5,9-10,13-14H,1,3,6-8,12H2. The van der Waals surface area contributed by atoms with Crippen LogP contribution in [0.3, 0.4) is 0 Å². The molecule has 1 aliphatic rings. The van der Waals surface area contributed by atoms with Crippen LogP contribution < -0.4 is 16.4 Å². The first-order valence-electron chi connectivity index (χ1n) is 5.66. The van der Waals surface area contributed by atoms with E-state index in [1.807, 2.05) is 23.0 Å². The van der Waals surface area contributed by atoms with Crippen LogP contribution in [0.25, 0.3) is 0 Å². The molecule has 4 N–H and O–H groups in total. The van der Waals surface area contributed by atoms with Gasteiger partial charge in [-0.3, -0.25) is 0 Å². The lowest BCUT2D eigenvalue weighted by molar-refractivity contribution is 0.321. The molecule has 0 saturated carbocycles. The second-order valence-electron chi connectivity index (χ2n) is 4.14. The number of nitrogens with zero attached hydrogens (tertiary/aromatic N) is 2. The molecule has 0 aliphatic carbocycles. The Morgan fingerprint density at radius 3 is 3.19 bits per heavy atom. The molecule has 0 bridgehead atoms. The van der Waals surface area contributed by atoms with Gasteiger partial charge in [-0.1, -0.05) is 6.08 Å². The van der Waals surface area contributed by atoms with Crippen LogP contribution >= 0.6 is 0 Å². The Morgan fingerprint density at radius 1 is 1.75 bits per heavy atom. The van der Waals surface area contributed by atoms with Gasteiger partial charge in [-0.15, -0.1) is 6.58 Å². The molecule has 5 nitrogen and oxygen atoms in total. The maximum atomic E-state index is 5.90. The van der Waals surface area contributed by atoms with Gasteiger partial charge in [-0.2, -0.15) is 5.10 Å². The first kappa shape index (κ1) is 11.2. The zero-order valence-corrected chi connectivity index (χ0v) is 9.39. The Labute approximate surface area is 95.7 Å². The molecule has 1 aromatic heterocycles. The van der Waals surface area contributed by atoms with Gasteiger partial charge in [-0.05, 0) is 6.42 Å². The van der Waals surface area contributed by atoms with E-state index < -0.39 is 0 Å². The number of nitrogens with one attached hydrogen (secondary N) is 2. The van der Waals surface area contributed by atoms with E-state index >= 15 is 0 Å². The van der Waals surface area contributed by atoms with Crippen LogP contribution in [-0.2, 0) is 0 Å². The number of hydrogen-bond donors (Lipinski definition) is 3. The van der Waals surface area contributed by atoms with Crippen molar-refractivity contribution in [3.63, 3.8) is 0 Å². The summed E-state index contributed by atoms with van der Waals surface area (Å²) in [6.45, 7) is 6.42. The predicted molar refractivity (Wildman–Crippen MR) is 65.4 cm³/mol. The summed E-state index contributed by atoms with van der Waals surface area (Å²) in [5, 5.41) is 10.9. The Morgan fingerprint density at radius 2 is 2.56 bits per heavy atom. The Balaban J connectivity index is 1.88. The Bertz CT molecular complexity index is 342. The van der Waals surface area contributed by atoms with Gasteiger partial charge in [0.15, 0.2) is 0 Å². The minimum absolute atomic E-state index is 0.111. The van der Waals surface area contributed by atoms with Crippen LogP contribution in [-0.4, -0.2) is 35.5 Å². The largest absolute Gasteiger partial charge is 0.369 e. The molecule has 1 saturated heterocycles. The van der Waals surface area contributed by atoms with Gasteiger partial charge in [0.1, 0.15) is 5.82 Å². The molecular weight excluding hydrogens is 202 g/mol. The van der Waals surface area contributed by atoms with Crippen molar-refractivity contribution in [1.82, 2.24) is 15.1 Å². The average Bonchev–Trinajstić information content (AvgIpc) is 2.61. The number of anilines is 1. The Hall–Kier alpha value is -1.33. The molecule has 0 radical (unpaired) electrons. The molecule has 1 atom stereocenters. The van der Waals surface area contributed by atoms with Gasteiger partial charge in [-0.25, -0.2) is 4.68 Å². The summed E-state index contributed by atoms with van der Waals surface area (Å²) < 4.78 is 2.02. The summed E-state index contributed by atoms with van der Waals surface area (Å²) in [7, 11) is 0. The first-order valence-corrected chi connectivity index (χ1v) is 5.66. The van der Waals surface area contributed by atoms with Crippen molar-refractivity contribution in [1.29, 1.82) is 0 Å². The van der Waals surface area contributed by atoms with E-state index in [2.05, 4.69) is 22.3 Å². The minimum Gasteiger partial charge on any atom is -0.369 e. The molecule has 2 heterocycles. The maximum Gasteiger partial charge on any atom is 0.124 e. The molecule has 0 spiro atoms. The van der Waals surface area contributed by atoms with Gasteiger partial charge in [0.2, 0.25) is 0 Å². The van der Waals surface area contributed by atoms with Gasteiger partial charge in [0, 0.05) is 31.7 Å². The van der Waals surface area contributed by atoms with Gasteiger partial charge >= 0.3 is 0 Å². The van der Waals surface area contributed by atoms with Crippen molar-refractivity contribution in [3.8, 4) is 0 Å². The van der Waals surface area contributed by atoms with Crippen LogP contribution in [0, 0.1) is 0 Å². The van der Waals surface area contributed by atoms with E-state index in [-0.39, 0.29) is 6.04 Å². The highest BCUT2D eigenvalue weighted by Gasteiger charge is 2.21. The second kappa shape index (κ2) is 5.14. The molecule has 1 aliphatic heterocycles. The van der Waals surface area contributed by atoms with Crippen LogP contribution in [0.5, 0.6) is 0 Å². The molecule has 0 aromatic carbocycles. The summed E-state index contributed by atoms with van der Waals surface area (Å²) in [6.07, 6.45) is 4.49. The maximum absolute atomic E-state index is 5.90. The molecule has 1 unspecified atom stereocenters. The average molecular weight is 221 g/mol. The van der Waals surface area contributed by atoms with Gasteiger partial charge in [0.25, 0.3) is 0 Å². The second-order valence-corrected chi connectivity index (χ2v) is 4.14. The number of nitrogens with two attached hydrogens (primary N) is 1. The van der Waals surface area contributed by atoms with Crippen molar-refractivity contribution in [2.45, 2.75) is 18.5 Å². The summed E-state index contributed by atoms with van der Waals surface area (Å²) in [5.41, 5.74) is 5.90. The van der Waals surface area contributed by atoms with E-state index in [0.717, 1.165) is 31.9 Å². The summed E-state index contributed by atoms with van der Waals surface area (Å²) in [4.78, 5) is 0. The summed E-state index contributed by atoms with van der Waals surface area (Å²) in [6, 6.07) is 2.58. The van der Waals surface area contributed by atoms with Crippen molar-refractivity contribution < 1.29 is 0 Å². The molecule has 2 rings (SSSR count). The number of hydrogen-bond acceptors (Lipinski definition) is 4. The van der Waals surface area contributed by atoms with Crippen molar-refractivity contribution >= 4 is 5.82 Å². The van der Waals surface area contributed by atoms with Crippen LogP contribution in [0.2, 0.25) is 0 Å². The number of aromatic nitrogens is 2. The molecule has 0 amide bonds. The van der Waals surface area contributed by atoms with E-state index in [9.17, 15) is 0 Å². The highest BCUT2D eigenvalue weighted by molar-refractivity contribution is 5.35. The zero-order chi connectivity index (χ0) is 11.4. The fraction of sp³-hybridized carbons (Fsp3) is 0.545.